The largest absolute Gasteiger partial charge is 0.381 e. The first-order chi connectivity index (χ1) is 5.43. The third-order valence-corrected chi connectivity index (χ3v) is 1.45. The molecule has 3 heteroatoms. The van der Waals surface area contributed by atoms with Crippen LogP contribution in [-0.4, -0.2) is 23.4 Å². The van der Waals surface area contributed by atoms with Gasteiger partial charge in [-0.2, -0.15) is 0 Å². The topological polar surface area (TPSA) is 45.1 Å². The highest BCUT2D eigenvalue weighted by Crippen LogP contribution is 1.95. The Kier molecular flexibility index (Phi) is 3.58. The van der Waals surface area contributed by atoms with E-state index in [9.17, 15) is 0 Å². The average molecular weight is 152 g/mol. The van der Waals surface area contributed by atoms with E-state index in [0.717, 1.165) is 13.0 Å². The first kappa shape index (κ1) is 8.17. The number of aliphatic hydroxyl groups is 1. The fraction of sp³-hybridized carbons (Fsp3) is 0.375. The van der Waals surface area contributed by atoms with Gasteiger partial charge < -0.3 is 5.11 Å². The first-order valence-corrected chi connectivity index (χ1v) is 3.64. The zero-order valence-electron chi connectivity index (χ0n) is 6.33. The van der Waals surface area contributed by atoms with Crippen molar-refractivity contribution in [1.29, 1.82) is 0 Å². The van der Waals surface area contributed by atoms with E-state index in [0.29, 0.717) is 0 Å². The van der Waals surface area contributed by atoms with Gasteiger partial charge in [-0.3, -0.25) is 10.3 Å². The molecule has 0 saturated heterocycles. The Morgan fingerprint density at radius 2 is 2.09 bits per heavy atom. The second-order valence-electron chi connectivity index (χ2n) is 2.26. The number of hydrogen-bond donors (Lipinski definition) is 2. The third-order valence-electron chi connectivity index (χ3n) is 1.45. The summed E-state index contributed by atoms with van der Waals surface area (Å²) in [6, 6.07) is 3.94. The summed E-state index contributed by atoms with van der Waals surface area (Å²) in [5, 5.41) is 11.3. The van der Waals surface area contributed by atoms with Crippen LogP contribution < -0.4 is 5.32 Å². The lowest BCUT2D eigenvalue weighted by molar-refractivity contribution is 0.262. The van der Waals surface area contributed by atoms with Crippen molar-refractivity contribution in [2.24, 2.45) is 0 Å². The summed E-state index contributed by atoms with van der Waals surface area (Å²) in [7, 11) is 0. The number of nitrogens with zero attached hydrogens (tertiary/aromatic N) is 1. The maximum absolute atomic E-state index is 8.42. The molecule has 1 aromatic rings. The van der Waals surface area contributed by atoms with Crippen molar-refractivity contribution in [1.82, 2.24) is 10.3 Å². The molecule has 0 atom stereocenters. The Bertz CT molecular complexity index is 189. The van der Waals surface area contributed by atoms with Crippen molar-refractivity contribution in [3.63, 3.8) is 0 Å². The van der Waals surface area contributed by atoms with E-state index in [1.807, 2.05) is 12.1 Å². The van der Waals surface area contributed by atoms with Crippen LogP contribution in [0.5, 0.6) is 0 Å². The van der Waals surface area contributed by atoms with E-state index >= 15 is 0 Å². The lowest BCUT2D eigenvalue weighted by Crippen LogP contribution is -2.17. The van der Waals surface area contributed by atoms with E-state index in [4.69, 9.17) is 5.11 Å². The predicted molar refractivity (Wildman–Crippen MR) is 43.0 cm³/mol. The van der Waals surface area contributed by atoms with E-state index in [-0.39, 0.29) is 6.73 Å². The van der Waals surface area contributed by atoms with Gasteiger partial charge in [-0.15, -0.1) is 0 Å². The van der Waals surface area contributed by atoms with Gasteiger partial charge in [0.25, 0.3) is 0 Å². The highest BCUT2D eigenvalue weighted by molar-refractivity contribution is 5.09. The number of aliphatic hydroxyl groups excluding tert-OH is 1. The maximum atomic E-state index is 8.42. The summed E-state index contributed by atoms with van der Waals surface area (Å²) >= 11 is 0. The molecule has 0 saturated carbocycles. The monoisotopic (exact) mass is 152 g/mol. The number of pyridine rings is 1. The fourth-order valence-corrected chi connectivity index (χ4v) is 0.861. The summed E-state index contributed by atoms with van der Waals surface area (Å²) in [5.41, 5.74) is 1.24. The lowest BCUT2D eigenvalue weighted by Gasteiger charge is -1.99. The Balaban J connectivity index is 2.28. The number of aromatic nitrogens is 1. The van der Waals surface area contributed by atoms with Gasteiger partial charge >= 0.3 is 0 Å². The van der Waals surface area contributed by atoms with Crippen LogP contribution in [0.1, 0.15) is 5.56 Å². The van der Waals surface area contributed by atoms with Crippen molar-refractivity contribution in [2.75, 3.05) is 13.3 Å². The second kappa shape index (κ2) is 4.82. The van der Waals surface area contributed by atoms with Crippen molar-refractivity contribution in [3.8, 4) is 0 Å². The highest BCUT2D eigenvalue weighted by Gasteiger charge is 1.89. The van der Waals surface area contributed by atoms with Gasteiger partial charge in [0, 0.05) is 18.9 Å². The smallest absolute Gasteiger partial charge is 0.0931 e. The van der Waals surface area contributed by atoms with Gasteiger partial charge in [-0.05, 0) is 24.1 Å². The molecule has 1 aromatic heterocycles. The quantitative estimate of drug-likeness (QED) is 0.477. The Labute approximate surface area is 66.1 Å². The predicted octanol–water partition coefficient (Wildman–Crippen LogP) is 0.163. The molecule has 0 fully saturated rings. The molecule has 0 bridgehead atoms. The Hall–Kier alpha value is -0.930. The van der Waals surface area contributed by atoms with Crippen LogP contribution in [0.3, 0.4) is 0 Å². The maximum Gasteiger partial charge on any atom is 0.0931 e. The molecule has 0 amide bonds. The second-order valence-corrected chi connectivity index (χ2v) is 2.26. The highest BCUT2D eigenvalue weighted by atomic mass is 16.3. The zero-order chi connectivity index (χ0) is 7.94. The van der Waals surface area contributed by atoms with Gasteiger partial charge in [-0.25, -0.2) is 0 Å². The minimum Gasteiger partial charge on any atom is -0.381 e. The van der Waals surface area contributed by atoms with E-state index in [2.05, 4.69) is 10.3 Å². The van der Waals surface area contributed by atoms with Gasteiger partial charge in [0.15, 0.2) is 0 Å². The third kappa shape index (κ3) is 3.11. The Morgan fingerprint density at radius 3 is 2.73 bits per heavy atom. The van der Waals surface area contributed by atoms with Crippen LogP contribution in [0, 0.1) is 0 Å². The molecule has 1 heterocycles. The molecule has 11 heavy (non-hydrogen) atoms. The number of rotatable bonds is 4. The molecule has 3 nitrogen and oxygen atoms in total. The molecule has 0 spiro atoms. The van der Waals surface area contributed by atoms with E-state index in [1.165, 1.54) is 5.56 Å². The normalized spacial score (nSPS) is 9.91. The molecule has 1 rings (SSSR count). The summed E-state index contributed by atoms with van der Waals surface area (Å²) in [5.74, 6) is 0. The van der Waals surface area contributed by atoms with Crippen LogP contribution in [-0.2, 0) is 6.42 Å². The van der Waals surface area contributed by atoms with Gasteiger partial charge in [-0.1, -0.05) is 0 Å². The molecular formula is C8H12N2O. The summed E-state index contributed by atoms with van der Waals surface area (Å²) < 4.78 is 0. The molecule has 0 aliphatic carbocycles. The van der Waals surface area contributed by atoms with Crippen molar-refractivity contribution < 1.29 is 5.11 Å². The van der Waals surface area contributed by atoms with Crippen LogP contribution >= 0.6 is 0 Å². The standard InChI is InChI=1S/C8H12N2O/c11-7-10-6-3-8-1-4-9-5-2-8/h1-2,4-5,10-11H,3,6-7H2. The molecule has 0 unspecified atom stereocenters. The fourth-order valence-electron chi connectivity index (χ4n) is 0.861. The zero-order valence-corrected chi connectivity index (χ0v) is 6.33. The molecular weight excluding hydrogens is 140 g/mol. The Morgan fingerprint density at radius 1 is 1.36 bits per heavy atom. The summed E-state index contributed by atoms with van der Waals surface area (Å²) in [4.78, 5) is 3.90. The molecule has 0 radical (unpaired) electrons. The van der Waals surface area contributed by atoms with Crippen LogP contribution in [0.4, 0.5) is 0 Å². The SMILES string of the molecule is OCNCCc1ccncc1. The van der Waals surface area contributed by atoms with Crippen molar-refractivity contribution in [3.05, 3.63) is 30.1 Å². The van der Waals surface area contributed by atoms with E-state index < -0.39 is 0 Å². The van der Waals surface area contributed by atoms with Gasteiger partial charge in [0.05, 0.1) is 6.73 Å². The first-order valence-electron chi connectivity index (χ1n) is 3.64. The molecule has 0 aliphatic rings. The van der Waals surface area contributed by atoms with Gasteiger partial charge in [0.1, 0.15) is 0 Å². The van der Waals surface area contributed by atoms with Gasteiger partial charge in [0.2, 0.25) is 0 Å². The minimum absolute atomic E-state index is 0.0467. The van der Waals surface area contributed by atoms with Crippen molar-refractivity contribution in [2.45, 2.75) is 6.42 Å². The minimum atomic E-state index is 0.0467. The summed E-state index contributed by atoms with van der Waals surface area (Å²) in [6.07, 6.45) is 4.48. The molecule has 60 valence electrons. The lowest BCUT2D eigenvalue weighted by atomic mass is 10.2. The van der Waals surface area contributed by atoms with Crippen molar-refractivity contribution >= 4 is 0 Å². The number of hydrogen-bond acceptors (Lipinski definition) is 3. The molecule has 2 N–H and O–H groups in total. The molecule has 0 aromatic carbocycles. The number of nitrogens with one attached hydrogen (secondary N) is 1. The van der Waals surface area contributed by atoms with Crippen LogP contribution in [0.25, 0.3) is 0 Å². The van der Waals surface area contributed by atoms with Crippen LogP contribution in [0.15, 0.2) is 24.5 Å². The van der Waals surface area contributed by atoms with Crippen LogP contribution in [0.2, 0.25) is 0 Å². The molecule has 0 aliphatic heterocycles. The average Bonchev–Trinajstić information content (AvgIpc) is 2.07. The van der Waals surface area contributed by atoms with E-state index in [1.54, 1.807) is 12.4 Å². The summed E-state index contributed by atoms with van der Waals surface area (Å²) in [6.45, 7) is 0.853.